The van der Waals surface area contributed by atoms with Crippen molar-refractivity contribution in [3.8, 4) is 5.75 Å². The number of thioether (sulfide) groups is 1. The molecule has 1 aromatic heterocycles. The van der Waals surface area contributed by atoms with E-state index >= 15 is 0 Å². The van der Waals surface area contributed by atoms with Gasteiger partial charge in [0.1, 0.15) is 5.75 Å². The average Bonchev–Trinajstić information content (AvgIpc) is 2.89. The first-order valence-electron chi connectivity index (χ1n) is 7.16. The lowest BCUT2D eigenvalue weighted by Gasteiger charge is -2.15. The van der Waals surface area contributed by atoms with Crippen molar-refractivity contribution in [2.45, 2.75) is 31.7 Å². The van der Waals surface area contributed by atoms with Crippen LogP contribution in [0.15, 0.2) is 23.4 Å². The zero-order valence-electron chi connectivity index (χ0n) is 12.7. The molecule has 5 nitrogen and oxygen atoms in total. The van der Waals surface area contributed by atoms with Crippen LogP contribution in [0.4, 0.5) is 0 Å². The molecule has 2 rings (SSSR count). The van der Waals surface area contributed by atoms with Gasteiger partial charge in [0.15, 0.2) is 11.4 Å². The maximum atomic E-state index is 5.53. The Labute approximate surface area is 129 Å². The normalized spacial score (nSPS) is 11.4. The fourth-order valence-electron chi connectivity index (χ4n) is 2.00. The van der Waals surface area contributed by atoms with Gasteiger partial charge in [0.25, 0.3) is 0 Å². The summed E-state index contributed by atoms with van der Waals surface area (Å²) in [7, 11) is 1.66. The molecule has 116 valence electrons. The van der Waals surface area contributed by atoms with Gasteiger partial charge in [-0.05, 0) is 26.0 Å². The maximum Gasteiger partial charge on any atom is 0.166 e. The monoisotopic (exact) mass is 310 g/mol. The second-order valence-corrected chi connectivity index (χ2v) is 5.49. The van der Waals surface area contributed by atoms with Crippen LogP contribution in [0, 0.1) is 0 Å². The van der Waals surface area contributed by atoms with Crippen LogP contribution in [-0.2, 0) is 9.47 Å². The van der Waals surface area contributed by atoms with Gasteiger partial charge in [0.05, 0.1) is 18.1 Å². The molecule has 1 N–H and O–H groups in total. The molecule has 2 aromatic rings. The molecule has 0 saturated heterocycles. The predicted octanol–water partition coefficient (Wildman–Crippen LogP) is 3.45. The second-order valence-electron chi connectivity index (χ2n) is 4.40. The van der Waals surface area contributed by atoms with E-state index in [0.717, 1.165) is 34.1 Å². The van der Waals surface area contributed by atoms with E-state index in [1.54, 1.807) is 18.9 Å². The number of aromatic amines is 1. The lowest BCUT2D eigenvalue weighted by Crippen LogP contribution is -2.18. The summed E-state index contributed by atoms with van der Waals surface area (Å²) in [6.07, 6.45) is 0.712. The summed E-state index contributed by atoms with van der Waals surface area (Å²) in [6, 6.07) is 5.82. The van der Waals surface area contributed by atoms with Crippen molar-refractivity contribution in [1.82, 2.24) is 9.97 Å². The van der Waals surface area contributed by atoms with E-state index in [1.165, 1.54) is 0 Å². The quantitative estimate of drug-likeness (QED) is 0.568. The first-order valence-corrected chi connectivity index (χ1v) is 8.15. The number of methoxy groups -OCH3 is 1. The van der Waals surface area contributed by atoms with Crippen LogP contribution in [0.25, 0.3) is 11.0 Å². The maximum absolute atomic E-state index is 5.53. The summed E-state index contributed by atoms with van der Waals surface area (Å²) in [4.78, 5) is 7.85. The smallest absolute Gasteiger partial charge is 0.166 e. The largest absolute Gasteiger partial charge is 0.497 e. The summed E-state index contributed by atoms with van der Waals surface area (Å²) in [6.45, 7) is 5.29. The van der Waals surface area contributed by atoms with Gasteiger partial charge in [0, 0.05) is 31.5 Å². The number of nitrogens with zero attached hydrogens (tertiary/aromatic N) is 1. The minimum Gasteiger partial charge on any atom is -0.497 e. The molecule has 0 spiro atoms. The van der Waals surface area contributed by atoms with E-state index < -0.39 is 0 Å². The Morgan fingerprint density at radius 1 is 1.24 bits per heavy atom. The molecule has 1 heterocycles. The highest BCUT2D eigenvalue weighted by molar-refractivity contribution is 7.99. The summed E-state index contributed by atoms with van der Waals surface area (Å²) in [5, 5.41) is 0.907. The fourth-order valence-corrected chi connectivity index (χ4v) is 2.85. The van der Waals surface area contributed by atoms with Crippen molar-refractivity contribution in [1.29, 1.82) is 0 Å². The van der Waals surface area contributed by atoms with Gasteiger partial charge in [-0.1, -0.05) is 11.8 Å². The third kappa shape index (κ3) is 4.62. The summed E-state index contributed by atoms with van der Waals surface area (Å²) in [5.41, 5.74) is 1.94. The Bertz CT molecular complexity index is 553. The number of aromatic nitrogens is 2. The summed E-state index contributed by atoms with van der Waals surface area (Å²) >= 11 is 1.67. The zero-order chi connectivity index (χ0) is 15.1. The predicted molar refractivity (Wildman–Crippen MR) is 85.0 cm³/mol. The molecule has 0 bridgehead atoms. The molecule has 1 aromatic carbocycles. The van der Waals surface area contributed by atoms with Gasteiger partial charge in [0.2, 0.25) is 0 Å². The second kappa shape index (κ2) is 8.26. The van der Waals surface area contributed by atoms with E-state index in [9.17, 15) is 0 Å². The van der Waals surface area contributed by atoms with Crippen LogP contribution in [-0.4, -0.2) is 42.3 Å². The van der Waals surface area contributed by atoms with Gasteiger partial charge in [-0.2, -0.15) is 0 Å². The number of fused-ring (bicyclic) bond motifs is 1. The van der Waals surface area contributed by atoms with Gasteiger partial charge >= 0.3 is 0 Å². The number of imidazole rings is 1. The molecule has 0 radical (unpaired) electrons. The van der Waals surface area contributed by atoms with Crippen molar-refractivity contribution >= 4 is 22.8 Å². The number of hydrogen-bond donors (Lipinski definition) is 1. The molecule has 0 aliphatic heterocycles. The third-order valence-electron chi connectivity index (χ3n) is 2.96. The molecule has 21 heavy (non-hydrogen) atoms. The number of hydrogen-bond acceptors (Lipinski definition) is 5. The Kier molecular flexibility index (Phi) is 6.35. The van der Waals surface area contributed by atoms with E-state index in [2.05, 4.69) is 9.97 Å². The van der Waals surface area contributed by atoms with Gasteiger partial charge in [-0.25, -0.2) is 4.98 Å². The van der Waals surface area contributed by atoms with Crippen LogP contribution in [0.5, 0.6) is 5.75 Å². The molecule has 0 amide bonds. The highest BCUT2D eigenvalue weighted by Crippen LogP contribution is 2.24. The van der Waals surface area contributed by atoms with E-state index in [4.69, 9.17) is 14.2 Å². The number of H-pyrrole nitrogens is 1. The van der Waals surface area contributed by atoms with Crippen molar-refractivity contribution in [2.75, 3.05) is 26.1 Å². The first kappa shape index (κ1) is 16.1. The van der Waals surface area contributed by atoms with E-state index in [-0.39, 0.29) is 6.29 Å². The Morgan fingerprint density at radius 2 is 2.00 bits per heavy atom. The molecular formula is C15H22N2O3S. The topological polar surface area (TPSA) is 56.4 Å². The first-order chi connectivity index (χ1) is 10.3. The average molecular weight is 310 g/mol. The van der Waals surface area contributed by atoms with Crippen molar-refractivity contribution in [2.24, 2.45) is 0 Å². The Morgan fingerprint density at radius 3 is 2.67 bits per heavy atom. The lowest BCUT2D eigenvalue weighted by molar-refractivity contribution is -0.136. The molecule has 6 heteroatoms. The van der Waals surface area contributed by atoms with E-state index in [1.807, 2.05) is 32.0 Å². The highest BCUT2D eigenvalue weighted by atomic mass is 32.2. The number of rotatable bonds is 9. The van der Waals surface area contributed by atoms with Gasteiger partial charge < -0.3 is 19.2 Å². The number of ether oxygens (including phenoxy) is 3. The van der Waals surface area contributed by atoms with Crippen molar-refractivity contribution < 1.29 is 14.2 Å². The van der Waals surface area contributed by atoms with Crippen LogP contribution >= 0.6 is 11.8 Å². The number of benzene rings is 1. The van der Waals surface area contributed by atoms with Crippen LogP contribution in [0.3, 0.4) is 0 Å². The van der Waals surface area contributed by atoms with Crippen LogP contribution in [0.2, 0.25) is 0 Å². The lowest BCUT2D eigenvalue weighted by atomic mass is 10.3. The van der Waals surface area contributed by atoms with Gasteiger partial charge in [-0.15, -0.1) is 0 Å². The van der Waals surface area contributed by atoms with Crippen molar-refractivity contribution in [3.05, 3.63) is 18.2 Å². The SMILES string of the molecule is CCOC(CCSc1nc2ccc(OC)cc2[nH]1)OCC. The Hall–Kier alpha value is -1.24. The zero-order valence-corrected chi connectivity index (χ0v) is 13.5. The van der Waals surface area contributed by atoms with Crippen molar-refractivity contribution in [3.63, 3.8) is 0 Å². The molecule has 0 aliphatic rings. The van der Waals surface area contributed by atoms with Crippen LogP contribution in [0.1, 0.15) is 20.3 Å². The molecular weight excluding hydrogens is 288 g/mol. The van der Waals surface area contributed by atoms with E-state index in [0.29, 0.717) is 13.2 Å². The minimum absolute atomic E-state index is 0.128. The minimum atomic E-state index is -0.128. The molecule has 0 aliphatic carbocycles. The standard InChI is InChI=1S/C15H22N2O3S/c1-4-19-14(20-5-2)8-9-21-15-16-12-7-6-11(18-3)10-13(12)17-15/h6-7,10,14H,4-5,8-9H2,1-3H3,(H,16,17). The highest BCUT2D eigenvalue weighted by Gasteiger charge is 2.09. The Balaban J connectivity index is 1.90. The van der Waals surface area contributed by atoms with Gasteiger partial charge in [-0.3, -0.25) is 0 Å². The molecule has 0 atom stereocenters. The molecule has 0 unspecified atom stereocenters. The van der Waals surface area contributed by atoms with Crippen LogP contribution < -0.4 is 4.74 Å². The molecule has 0 fully saturated rings. The summed E-state index contributed by atoms with van der Waals surface area (Å²) in [5.74, 6) is 1.72. The molecule has 0 saturated carbocycles. The third-order valence-corrected chi connectivity index (χ3v) is 3.87. The fraction of sp³-hybridized carbons (Fsp3) is 0.533. The summed E-state index contributed by atoms with van der Waals surface area (Å²) < 4.78 is 16.3. The number of nitrogens with one attached hydrogen (secondary N) is 1.